The molecule has 0 fully saturated rings. The van der Waals surface area contributed by atoms with Crippen molar-refractivity contribution >= 4 is 11.8 Å². The molecule has 0 saturated carbocycles. The molecule has 0 bridgehead atoms. The average Bonchev–Trinajstić information content (AvgIpc) is 2.52. The van der Waals surface area contributed by atoms with Crippen LogP contribution < -0.4 is 4.74 Å². The molecule has 0 amide bonds. The summed E-state index contributed by atoms with van der Waals surface area (Å²) in [5.74, 6) is -0.758. The van der Waals surface area contributed by atoms with Gasteiger partial charge in [-0.3, -0.25) is 9.59 Å². The number of fused-ring (bicyclic) bond motifs is 1. The van der Waals surface area contributed by atoms with Gasteiger partial charge in [0.1, 0.15) is 11.2 Å². The van der Waals surface area contributed by atoms with Gasteiger partial charge in [0.2, 0.25) is 0 Å². The van der Waals surface area contributed by atoms with Crippen LogP contribution >= 0.6 is 0 Å². The normalized spacial score (nSPS) is 23.0. The number of carboxylic acids is 1. The molecule has 0 spiro atoms. The third-order valence-corrected chi connectivity index (χ3v) is 3.07. The van der Waals surface area contributed by atoms with E-state index >= 15 is 0 Å². The number of methoxy groups -OCH3 is 1. The fourth-order valence-corrected chi connectivity index (χ4v) is 2.00. The van der Waals surface area contributed by atoms with Crippen LogP contribution in [-0.2, 0) is 11.2 Å². The first-order valence-electron chi connectivity index (χ1n) is 4.94. The Balaban J connectivity index is 2.49. The molecule has 0 aromatic heterocycles. The third-order valence-electron chi connectivity index (χ3n) is 3.07. The molecule has 1 unspecified atom stereocenters. The Morgan fingerprint density at radius 3 is 2.75 bits per heavy atom. The number of ketones is 1. The molecule has 0 radical (unpaired) electrons. The molecule has 2 rings (SSSR count). The quantitative estimate of drug-likeness (QED) is 0.767. The second-order valence-corrected chi connectivity index (χ2v) is 4.17. The van der Waals surface area contributed by atoms with Crippen LogP contribution in [-0.4, -0.2) is 24.0 Å². The first-order chi connectivity index (χ1) is 7.49. The molecule has 1 N–H and O–H groups in total. The minimum atomic E-state index is -1.32. The number of carbonyl (C=O) groups excluding carboxylic acids is 1. The lowest BCUT2D eigenvalue weighted by Gasteiger charge is -2.14. The topological polar surface area (TPSA) is 63.6 Å². The zero-order valence-corrected chi connectivity index (χ0v) is 9.11. The van der Waals surface area contributed by atoms with Gasteiger partial charge in [-0.25, -0.2) is 0 Å². The van der Waals surface area contributed by atoms with E-state index < -0.39 is 11.4 Å². The largest absolute Gasteiger partial charge is 0.497 e. The average molecular weight is 220 g/mol. The third kappa shape index (κ3) is 1.30. The van der Waals surface area contributed by atoms with E-state index in [9.17, 15) is 9.59 Å². The van der Waals surface area contributed by atoms with Crippen LogP contribution in [0.3, 0.4) is 0 Å². The van der Waals surface area contributed by atoms with Crippen molar-refractivity contribution in [2.24, 2.45) is 5.41 Å². The van der Waals surface area contributed by atoms with Gasteiger partial charge in [-0.05, 0) is 37.1 Å². The Morgan fingerprint density at radius 1 is 1.50 bits per heavy atom. The number of Topliss-reactive ketones (excluding diaryl/α,β-unsaturated/α-hetero) is 1. The minimum Gasteiger partial charge on any atom is -0.497 e. The van der Waals surface area contributed by atoms with Crippen LogP contribution in [0.15, 0.2) is 18.2 Å². The number of aliphatic carboxylic acids is 1. The summed E-state index contributed by atoms with van der Waals surface area (Å²) in [5, 5.41) is 9.09. The van der Waals surface area contributed by atoms with E-state index in [0.29, 0.717) is 11.3 Å². The van der Waals surface area contributed by atoms with Gasteiger partial charge < -0.3 is 9.84 Å². The summed E-state index contributed by atoms with van der Waals surface area (Å²) in [7, 11) is 1.54. The van der Waals surface area contributed by atoms with Gasteiger partial charge in [0.05, 0.1) is 7.11 Å². The highest BCUT2D eigenvalue weighted by molar-refractivity contribution is 6.15. The van der Waals surface area contributed by atoms with Crippen molar-refractivity contribution in [2.45, 2.75) is 13.3 Å². The minimum absolute atomic E-state index is 0.230. The van der Waals surface area contributed by atoms with Crippen LogP contribution in [0.4, 0.5) is 0 Å². The molecule has 1 atom stereocenters. The van der Waals surface area contributed by atoms with Gasteiger partial charge in [-0.1, -0.05) is 0 Å². The predicted molar refractivity (Wildman–Crippen MR) is 56.8 cm³/mol. The van der Waals surface area contributed by atoms with Crippen LogP contribution in [0.1, 0.15) is 22.8 Å². The molecule has 1 aromatic rings. The Hall–Kier alpha value is -1.84. The first kappa shape index (κ1) is 10.7. The van der Waals surface area contributed by atoms with Crippen molar-refractivity contribution in [2.75, 3.05) is 7.11 Å². The summed E-state index contributed by atoms with van der Waals surface area (Å²) in [6.07, 6.45) is 0.230. The second kappa shape index (κ2) is 3.33. The monoisotopic (exact) mass is 220 g/mol. The highest BCUT2D eigenvalue weighted by Gasteiger charge is 2.47. The number of hydrogen-bond acceptors (Lipinski definition) is 3. The molecule has 0 heterocycles. The molecule has 1 aromatic carbocycles. The van der Waals surface area contributed by atoms with Crippen molar-refractivity contribution in [1.82, 2.24) is 0 Å². The summed E-state index contributed by atoms with van der Waals surface area (Å²) in [5.41, 5.74) is -0.0886. The van der Waals surface area contributed by atoms with Crippen molar-refractivity contribution in [1.29, 1.82) is 0 Å². The highest BCUT2D eigenvalue weighted by Crippen LogP contribution is 2.38. The van der Waals surface area contributed by atoms with Gasteiger partial charge in [-0.2, -0.15) is 0 Å². The maximum atomic E-state index is 11.9. The Labute approximate surface area is 92.8 Å². The zero-order chi connectivity index (χ0) is 11.9. The SMILES string of the molecule is COc1ccc2c(c1)CC(C)(C(=O)O)C2=O. The van der Waals surface area contributed by atoms with Gasteiger partial charge in [0.15, 0.2) is 5.78 Å². The van der Waals surface area contributed by atoms with Crippen molar-refractivity contribution in [3.8, 4) is 5.75 Å². The number of carbonyl (C=O) groups is 2. The maximum Gasteiger partial charge on any atom is 0.317 e. The van der Waals surface area contributed by atoms with E-state index in [0.717, 1.165) is 5.56 Å². The first-order valence-corrected chi connectivity index (χ1v) is 4.94. The maximum absolute atomic E-state index is 11.9. The second-order valence-electron chi connectivity index (χ2n) is 4.17. The van der Waals surface area contributed by atoms with E-state index in [4.69, 9.17) is 9.84 Å². The van der Waals surface area contributed by atoms with E-state index in [2.05, 4.69) is 0 Å². The summed E-state index contributed by atoms with van der Waals surface area (Å²) >= 11 is 0. The standard InChI is InChI=1S/C12H12O4/c1-12(11(14)15)6-7-5-8(16-2)3-4-9(7)10(12)13/h3-5H,6H2,1-2H3,(H,14,15). The predicted octanol–water partition coefficient (Wildman–Crippen LogP) is 1.52. The van der Waals surface area contributed by atoms with E-state index in [1.807, 2.05) is 0 Å². The van der Waals surface area contributed by atoms with Crippen LogP contribution in [0, 0.1) is 5.41 Å². The fourth-order valence-electron chi connectivity index (χ4n) is 2.00. The molecular formula is C12H12O4. The fraction of sp³-hybridized carbons (Fsp3) is 0.333. The summed E-state index contributed by atoms with van der Waals surface area (Å²) in [4.78, 5) is 23.0. The van der Waals surface area contributed by atoms with E-state index in [-0.39, 0.29) is 12.2 Å². The lowest BCUT2D eigenvalue weighted by molar-refractivity contribution is -0.144. The molecule has 0 saturated heterocycles. The van der Waals surface area contributed by atoms with Crippen LogP contribution in [0.2, 0.25) is 0 Å². The van der Waals surface area contributed by atoms with Crippen LogP contribution in [0.5, 0.6) is 5.75 Å². The number of rotatable bonds is 2. The summed E-state index contributed by atoms with van der Waals surface area (Å²) in [6, 6.07) is 5.02. The molecule has 4 nitrogen and oxygen atoms in total. The van der Waals surface area contributed by atoms with E-state index in [1.54, 1.807) is 18.2 Å². The number of carboxylic acid groups (broad SMARTS) is 1. The van der Waals surface area contributed by atoms with Crippen molar-refractivity contribution in [3.63, 3.8) is 0 Å². The molecule has 84 valence electrons. The summed E-state index contributed by atoms with van der Waals surface area (Å²) in [6.45, 7) is 1.46. The van der Waals surface area contributed by atoms with Gasteiger partial charge >= 0.3 is 5.97 Å². The number of benzene rings is 1. The van der Waals surface area contributed by atoms with Gasteiger partial charge in [0.25, 0.3) is 0 Å². The van der Waals surface area contributed by atoms with Gasteiger partial charge in [0, 0.05) is 5.56 Å². The van der Waals surface area contributed by atoms with Crippen molar-refractivity contribution in [3.05, 3.63) is 29.3 Å². The molecular weight excluding hydrogens is 208 g/mol. The smallest absolute Gasteiger partial charge is 0.317 e. The molecule has 1 aliphatic rings. The Bertz CT molecular complexity index is 478. The van der Waals surface area contributed by atoms with Gasteiger partial charge in [-0.15, -0.1) is 0 Å². The molecule has 1 aliphatic carbocycles. The molecule has 4 heteroatoms. The lowest BCUT2D eigenvalue weighted by atomic mass is 9.86. The Kier molecular flexibility index (Phi) is 2.22. The Morgan fingerprint density at radius 2 is 2.19 bits per heavy atom. The molecule has 0 aliphatic heterocycles. The molecule has 16 heavy (non-hydrogen) atoms. The number of ether oxygens (including phenoxy) is 1. The van der Waals surface area contributed by atoms with Crippen molar-refractivity contribution < 1.29 is 19.4 Å². The highest BCUT2D eigenvalue weighted by atomic mass is 16.5. The summed E-state index contributed by atoms with van der Waals surface area (Å²) < 4.78 is 5.04. The number of hydrogen-bond donors (Lipinski definition) is 1. The lowest BCUT2D eigenvalue weighted by Crippen LogP contribution is -2.33. The van der Waals surface area contributed by atoms with Crippen LogP contribution in [0.25, 0.3) is 0 Å². The van der Waals surface area contributed by atoms with E-state index in [1.165, 1.54) is 14.0 Å². The zero-order valence-electron chi connectivity index (χ0n) is 9.11.